The molecule has 1 aliphatic heterocycles. The van der Waals surface area contributed by atoms with Crippen LogP contribution >= 0.6 is 11.3 Å². The molecule has 0 bridgehead atoms. The Labute approximate surface area is 138 Å². The van der Waals surface area contributed by atoms with Crippen LogP contribution in [0.2, 0.25) is 0 Å². The zero-order valence-corrected chi connectivity index (χ0v) is 14.3. The van der Waals surface area contributed by atoms with Crippen molar-refractivity contribution in [1.82, 2.24) is 4.90 Å². The first-order valence-corrected chi connectivity index (χ1v) is 8.33. The summed E-state index contributed by atoms with van der Waals surface area (Å²) in [6, 6.07) is 0. The fourth-order valence-corrected chi connectivity index (χ4v) is 3.65. The number of hydrogen-bond acceptors (Lipinski definition) is 5. The van der Waals surface area contributed by atoms with Gasteiger partial charge in [-0.15, -0.1) is 11.3 Å². The Morgan fingerprint density at radius 3 is 2.65 bits per heavy atom. The molecule has 1 aromatic rings. The molecule has 2 rings (SSSR count). The number of rotatable bonds is 4. The average molecular weight is 339 g/mol. The number of thiophene rings is 1. The van der Waals surface area contributed by atoms with Crippen molar-refractivity contribution in [3.05, 3.63) is 16.0 Å². The molecular formula is C15H21N3O4S. The summed E-state index contributed by atoms with van der Waals surface area (Å²) in [6.07, 6.45) is 0.139. The van der Waals surface area contributed by atoms with Gasteiger partial charge in [-0.05, 0) is 18.9 Å². The number of nitrogens with one attached hydrogen (secondary N) is 1. The number of carbonyl (C=O) groups is 3. The summed E-state index contributed by atoms with van der Waals surface area (Å²) in [5, 5.41) is 3.23. The van der Waals surface area contributed by atoms with Gasteiger partial charge in [0, 0.05) is 17.3 Å². The van der Waals surface area contributed by atoms with Gasteiger partial charge >= 0.3 is 6.09 Å². The Balaban J connectivity index is 2.29. The third-order valence-corrected chi connectivity index (χ3v) is 4.72. The molecule has 3 amide bonds. The minimum Gasteiger partial charge on any atom is -0.450 e. The largest absolute Gasteiger partial charge is 0.450 e. The molecular weight excluding hydrogens is 318 g/mol. The number of amides is 3. The van der Waals surface area contributed by atoms with Crippen molar-refractivity contribution in [3.8, 4) is 0 Å². The van der Waals surface area contributed by atoms with Gasteiger partial charge in [-0.3, -0.25) is 9.59 Å². The second-order valence-corrected chi connectivity index (χ2v) is 6.69. The summed E-state index contributed by atoms with van der Waals surface area (Å²) in [7, 11) is 0. The van der Waals surface area contributed by atoms with Crippen LogP contribution < -0.4 is 11.1 Å². The highest BCUT2D eigenvalue weighted by Gasteiger charge is 2.30. The average Bonchev–Trinajstić information content (AvgIpc) is 2.84. The molecule has 8 heteroatoms. The van der Waals surface area contributed by atoms with Crippen LogP contribution in [0.4, 0.5) is 9.80 Å². The van der Waals surface area contributed by atoms with E-state index in [1.807, 2.05) is 0 Å². The molecule has 23 heavy (non-hydrogen) atoms. The molecule has 0 unspecified atom stereocenters. The number of nitrogens with two attached hydrogens (primary N) is 1. The third-order valence-electron chi connectivity index (χ3n) is 3.59. The van der Waals surface area contributed by atoms with Crippen LogP contribution in [-0.2, 0) is 22.5 Å². The summed E-state index contributed by atoms with van der Waals surface area (Å²) in [5.41, 5.74) is 6.67. The van der Waals surface area contributed by atoms with Gasteiger partial charge in [0.25, 0.3) is 5.91 Å². The van der Waals surface area contributed by atoms with Crippen LogP contribution in [0.15, 0.2) is 0 Å². The minimum atomic E-state index is -0.564. The smallest absolute Gasteiger partial charge is 0.410 e. The van der Waals surface area contributed by atoms with Gasteiger partial charge < -0.3 is 20.7 Å². The molecule has 126 valence electrons. The van der Waals surface area contributed by atoms with Crippen LogP contribution in [0.3, 0.4) is 0 Å². The van der Waals surface area contributed by atoms with E-state index in [2.05, 4.69) is 5.32 Å². The Bertz CT molecular complexity index is 639. The van der Waals surface area contributed by atoms with Crippen molar-refractivity contribution in [3.63, 3.8) is 0 Å². The van der Waals surface area contributed by atoms with E-state index < -0.39 is 5.91 Å². The maximum atomic E-state index is 11.9. The third kappa shape index (κ3) is 3.64. The number of ether oxygens (including phenoxy) is 1. The van der Waals surface area contributed by atoms with Crippen molar-refractivity contribution in [2.45, 2.75) is 33.7 Å². The van der Waals surface area contributed by atoms with Gasteiger partial charge in [-0.2, -0.15) is 0 Å². The number of primary amides is 1. The van der Waals surface area contributed by atoms with E-state index in [1.54, 1.807) is 25.7 Å². The Morgan fingerprint density at radius 1 is 1.39 bits per heavy atom. The van der Waals surface area contributed by atoms with Crippen LogP contribution in [0.5, 0.6) is 0 Å². The lowest BCUT2D eigenvalue weighted by atomic mass is 10.0. The molecule has 1 aliphatic rings. The molecule has 0 fully saturated rings. The van der Waals surface area contributed by atoms with E-state index in [0.29, 0.717) is 36.7 Å². The Morgan fingerprint density at radius 2 is 2.09 bits per heavy atom. The lowest BCUT2D eigenvalue weighted by Crippen LogP contribution is -2.36. The molecule has 0 radical (unpaired) electrons. The van der Waals surface area contributed by atoms with Gasteiger partial charge in [-0.1, -0.05) is 13.8 Å². The highest BCUT2D eigenvalue weighted by molar-refractivity contribution is 7.17. The molecule has 0 saturated carbocycles. The number of fused-ring (bicyclic) bond motifs is 1. The fourth-order valence-electron chi connectivity index (χ4n) is 2.38. The highest BCUT2D eigenvalue weighted by Crippen LogP contribution is 2.37. The summed E-state index contributed by atoms with van der Waals surface area (Å²) in [5.74, 6) is -0.939. The van der Waals surface area contributed by atoms with Crippen molar-refractivity contribution in [2.75, 3.05) is 18.5 Å². The summed E-state index contributed by atoms with van der Waals surface area (Å²) >= 11 is 1.29. The fraction of sp³-hybridized carbons (Fsp3) is 0.533. The number of carbonyl (C=O) groups excluding carboxylic acids is 3. The van der Waals surface area contributed by atoms with Gasteiger partial charge in [0.2, 0.25) is 5.91 Å². The number of nitrogens with zero attached hydrogens (tertiary/aromatic N) is 1. The molecule has 7 nitrogen and oxygen atoms in total. The summed E-state index contributed by atoms with van der Waals surface area (Å²) in [6.45, 7) is 6.43. The van der Waals surface area contributed by atoms with E-state index in [0.717, 1.165) is 10.4 Å². The summed E-state index contributed by atoms with van der Waals surface area (Å²) in [4.78, 5) is 38.0. The van der Waals surface area contributed by atoms with Crippen molar-refractivity contribution in [1.29, 1.82) is 0 Å². The topological polar surface area (TPSA) is 102 Å². The van der Waals surface area contributed by atoms with Crippen LogP contribution in [0, 0.1) is 5.92 Å². The minimum absolute atomic E-state index is 0.173. The number of hydrogen-bond donors (Lipinski definition) is 2. The van der Waals surface area contributed by atoms with Crippen LogP contribution in [0.25, 0.3) is 0 Å². The first kappa shape index (κ1) is 17.3. The zero-order chi connectivity index (χ0) is 17.1. The van der Waals surface area contributed by atoms with Crippen LogP contribution in [0.1, 0.15) is 41.6 Å². The van der Waals surface area contributed by atoms with Crippen molar-refractivity contribution >= 4 is 34.2 Å². The van der Waals surface area contributed by atoms with Gasteiger partial charge in [-0.25, -0.2) is 4.79 Å². The van der Waals surface area contributed by atoms with E-state index in [4.69, 9.17) is 10.5 Å². The van der Waals surface area contributed by atoms with E-state index in [-0.39, 0.29) is 17.9 Å². The van der Waals surface area contributed by atoms with Crippen molar-refractivity contribution < 1.29 is 19.1 Å². The molecule has 0 saturated heterocycles. The first-order valence-electron chi connectivity index (χ1n) is 7.52. The Hall–Kier alpha value is -2.09. The lowest BCUT2D eigenvalue weighted by molar-refractivity contribution is -0.118. The second-order valence-electron chi connectivity index (χ2n) is 5.59. The normalized spacial score (nSPS) is 13.7. The SMILES string of the molecule is CCOC(=O)N1CCc2c(sc(NC(=O)C(C)C)c2C(N)=O)C1. The van der Waals surface area contributed by atoms with E-state index in [9.17, 15) is 14.4 Å². The first-order chi connectivity index (χ1) is 10.8. The monoisotopic (exact) mass is 339 g/mol. The molecule has 0 atom stereocenters. The molecule has 3 N–H and O–H groups in total. The summed E-state index contributed by atoms with van der Waals surface area (Å²) < 4.78 is 5.01. The number of anilines is 1. The molecule has 1 aromatic heterocycles. The maximum absolute atomic E-state index is 11.9. The quantitative estimate of drug-likeness (QED) is 0.875. The van der Waals surface area contributed by atoms with E-state index in [1.165, 1.54) is 11.3 Å². The standard InChI is InChI=1S/C15H21N3O4S/c1-4-22-15(21)18-6-5-9-10(7-18)23-14(11(9)12(16)19)17-13(20)8(2)3/h8H,4-7H2,1-3H3,(H2,16,19)(H,17,20). The van der Waals surface area contributed by atoms with Crippen LogP contribution in [-0.4, -0.2) is 36.0 Å². The maximum Gasteiger partial charge on any atom is 0.410 e. The van der Waals surface area contributed by atoms with Gasteiger partial charge in [0.15, 0.2) is 0 Å². The van der Waals surface area contributed by atoms with Gasteiger partial charge in [0.1, 0.15) is 5.00 Å². The molecule has 2 heterocycles. The van der Waals surface area contributed by atoms with E-state index >= 15 is 0 Å². The van der Waals surface area contributed by atoms with Gasteiger partial charge in [0.05, 0.1) is 18.7 Å². The lowest BCUT2D eigenvalue weighted by Gasteiger charge is -2.26. The molecule has 0 spiro atoms. The highest BCUT2D eigenvalue weighted by atomic mass is 32.1. The van der Waals surface area contributed by atoms with Crippen molar-refractivity contribution in [2.24, 2.45) is 11.7 Å². The second kappa shape index (κ2) is 6.99. The Kier molecular flexibility index (Phi) is 5.25. The predicted molar refractivity (Wildman–Crippen MR) is 87.4 cm³/mol. The molecule has 0 aliphatic carbocycles. The zero-order valence-electron chi connectivity index (χ0n) is 13.5. The predicted octanol–water partition coefficient (Wildman–Crippen LogP) is 1.96. The molecule has 0 aromatic carbocycles.